The number of hydrogen-bond acceptors (Lipinski definition) is 4. The molecule has 0 unspecified atom stereocenters. The Morgan fingerprint density at radius 3 is 2.29 bits per heavy atom. The number of halogens is 1. The molecule has 0 atom stereocenters. The molecule has 0 radical (unpaired) electrons. The maximum Gasteiger partial charge on any atom is 0.261 e. The molecule has 0 saturated carbocycles. The van der Waals surface area contributed by atoms with Gasteiger partial charge in [-0.2, -0.15) is 5.26 Å². The number of nitrogens with one attached hydrogen (secondary N) is 1. The highest BCUT2D eigenvalue weighted by Crippen LogP contribution is 2.20. The van der Waals surface area contributed by atoms with Gasteiger partial charge in [0.15, 0.2) is 6.61 Å². The smallest absolute Gasteiger partial charge is 0.261 e. The number of nitriles is 1. The van der Waals surface area contributed by atoms with E-state index in [1.807, 2.05) is 6.07 Å². The third-order valence-electron chi connectivity index (χ3n) is 2.53. The van der Waals surface area contributed by atoms with Crippen LogP contribution in [0.1, 0.15) is 0 Å². The van der Waals surface area contributed by atoms with E-state index in [0.29, 0.717) is 11.4 Å². The van der Waals surface area contributed by atoms with Gasteiger partial charge in [0.1, 0.15) is 11.8 Å². The average molecular weight is 367 g/mol. The van der Waals surface area contributed by atoms with Crippen LogP contribution in [0.2, 0.25) is 0 Å². The zero-order valence-corrected chi connectivity index (χ0v) is 13.2. The van der Waals surface area contributed by atoms with E-state index in [2.05, 4.69) is 20.7 Å². The monoisotopic (exact) mass is 366 g/mol. The average Bonchev–Trinajstić information content (AvgIpc) is 2.47. The minimum Gasteiger partial charge on any atom is -0.479 e. The summed E-state index contributed by atoms with van der Waals surface area (Å²) in [4.78, 5) is 0.176. The highest BCUT2D eigenvalue weighted by atomic mass is 79.9. The van der Waals surface area contributed by atoms with Gasteiger partial charge in [0.25, 0.3) is 10.0 Å². The number of anilines is 1. The van der Waals surface area contributed by atoms with Gasteiger partial charge >= 0.3 is 0 Å². The van der Waals surface area contributed by atoms with Crippen molar-refractivity contribution in [3.8, 4) is 11.8 Å². The molecule has 0 aliphatic heterocycles. The van der Waals surface area contributed by atoms with E-state index < -0.39 is 10.0 Å². The Labute approximate surface area is 131 Å². The van der Waals surface area contributed by atoms with Crippen LogP contribution in [-0.2, 0) is 10.0 Å². The molecular weight excluding hydrogens is 356 g/mol. The Morgan fingerprint density at radius 2 is 1.71 bits per heavy atom. The maximum atomic E-state index is 12.2. The van der Waals surface area contributed by atoms with Crippen molar-refractivity contribution in [2.75, 3.05) is 11.3 Å². The molecule has 0 aromatic heterocycles. The van der Waals surface area contributed by atoms with E-state index in [-0.39, 0.29) is 11.5 Å². The van der Waals surface area contributed by atoms with Crippen LogP contribution in [0.4, 0.5) is 5.69 Å². The van der Waals surface area contributed by atoms with E-state index in [9.17, 15) is 8.42 Å². The van der Waals surface area contributed by atoms with Crippen molar-refractivity contribution in [3.63, 3.8) is 0 Å². The third-order valence-corrected chi connectivity index (χ3v) is 4.46. The fourth-order valence-electron chi connectivity index (χ4n) is 1.56. The van der Waals surface area contributed by atoms with Crippen molar-refractivity contribution in [1.82, 2.24) is 0 Å². The third kappa shape index (κ3) is 4.21. The molecule has 0 fully saturated rings. The number of benzene rings is 2. The molecule has 5 nitrogen and oxygen atoms in total. The van der Waals surface area contributed by atoms with Crippen molar-refractivity contribution in [2.24, 2.45) is 0 Å². The van der Waals surface area contributed by atoms with Crippen LogP contribution >= 0.6 is 15.9 Å². The van der Waals surface area contributed by atoms with Crippen LogP contribution in [0.3, 0.4) is 0 Å². The first-order chi connectivity index (χ1) is 10.0. The minimum absolute atomic E-state index is 0.0516. The molecule has 7 heteroatoms. The molecule has 0 aliphatic carbocycles. The van der Waals surface area contributed by atoms with E-state index in [0.717, 1.165) is 4.47 Å². The summed E-state index contributed by atoms with van der Waals surface area (Å²) < 4.78 is 32.7. The first kappa shape index (κ1) is 15.4. The van der Waals surface area contributed by atoms with Gasteiger partial charge in [-0.3, -0.25) is 4.72 Å². The second-order valence-corrected chi connectivity index (χ2v) is 6.63. The van der Waals surface area contributed by atoms with Crippen LogP contribution in [0.15, 0.2) is 57.9 Å². The van der Waals surface area contributed by atoms with Crippen LogP contribution in [0.5, 0.6) is 5.75 Å². The predicted octanol–water partition coefficient (Wildman–Crippen LogP) is 3.15. The lowest BCUT2D eigenvalue weighted by Gasteiger charge is -2.09. The summed E-state index contributed by atoms with van der Waals surface area (Å²) in [5.74, 6) is 0.503. The Morgan fingerprint density at radius 1 is 1.10 bits per heavy atom. The van der Waals surface area contributed by atoms with Gasteiger partial charge in [0, 0.05) is 10.2 Å². The number of ether oxygens (including phenoxy) is 1. The van der Waals surface area contributed by atoms with Crippen molar-refractivity contribution < 1.29 is 13.2 Å². The van der Waals surface area contributed by atoms with Crippen LogP contribution < -0.4 is 9.46 Å². The second kappa shape index (κ2) is 6.61. The molecule has 2 rings (SSSR count). The largest absolute Gasteiger partial charge is 0.479 e. The standard InChI is InChI=1S/C14H11BrN2O3S/c15-11-1-7-14(8-2-11)21(18,19)17-12-3-5-13(6-4-12)20-10-9-16/h1-8,17H,10H2. The highest BCUT2D eigenvalue weighted by Gasteiger charge is 2.13. The van der Waals surface area contributed by atoms with Gasteiger partial charge in [0.2, 0.25) is 0 Å². The Balaban J connectivity index is 2.13. The Hall–Kier alpha value is -2.04. The normalized spacial score (nSPS) is 10.7. The predicted molar refractivity (Wildman–Crippen MR) is 82.5 cm³/mol. The van der Waals surface area contributed by atoms with Gasteiger partial charge in [0.05, 0.1) is 4.90 Å². The molecule has 2 aromatic rings. The van der Waals surface area contributed by atoms with Crippen molar-refractivity contribution in [2.45, 2.75) is 4.90 Å². The SMILES string of the molecule is N#CCOc1ccc(NS(=O)(=O)c2ccc(Br)cc2)cc1. The maximum absolute atomic E-state index is 12.2. The fraction of sp³-hybridized carbons (Fsp3) is 0.0714. The number of hydrogen-bond donors (Lipinski definition) is 1. The van der Waals surface area contributed by atoms with Gasteiger partial charge in [-0.25, -0.2) is 8.42 Å². The Bertz CT molecular complexity index is 750. The molecule has 2 aromatic carbocycles. The van der Waals surface area contributed by atoms with E-state index in [1.165, 1.54) is 12.1 Å². The van der Waals surface area contributed by atoms with Crippen molar-refractivity contribution in [3.05, 3.63) is 53.0 Å². The molecule has 0 spiro atoms. The fourth-order valence-corrected chi connectivity index (χ4v) is 2.89. The summed E-state index contributed by atoms with van der Waals surface area (Å²) in [6.07, 6.45) is 0. The molecule has 0 amide bonds. The molecule has 21 heavy (non-hydrogen) atoms. The number of nitrogens with zero attached hydrogens (tertiary/aromatic N) is 1. The van der Waals surface area contributed by atoms with Crippen molar-refractivity contribution in [1.29, 1.82) is 5.26 Å². The molecular formula is C14H11BrN2O3S. The Kier molecular flexibility index (Phi) is 4.83. The van der Waals surface area contributed by atoms with Gasteiger partial charge in [-0.05, 0) is 48.5 Å². The summed E-state index contributed by atoms with van der Waals surface area (Å²) in [7, 11) is -3.62. The second-order valence-electron chi connectivity index (χ2n) is 4.03. The summed E-state index contributed by atoms with van der Waals surface area (Å²) in [5.41, 5.74) is 0.419. The number of rotatable bonds is 5. The van der Waals surface area contributed by atoms with Gasteiger partial charge in [-0.1, -0.05) is 15.9 Å². The quantitative estimate of drug-likeness (QED) is 0.881. The van der Waals surface area contributed by atoms with Crippen LogP contribution in [-0.4, -0.2) is 15.0 Å². The summed E-state index contributed by atoms with van der Waals surface area (Å²) >= 11 is 3.26. The summed E-state index contributed by atoms with van der Waals surface area (Å²) in [6.45, 7) is -0.0516. The van der Waals surface area contributed by atoms with E-state index in [4.69, 9.17) is 10.00 Å². The molecule has 108 valence electrons. The van der Waals surface area contributed by atoms with E-state index in [1.54, 1.807) is 36.4 Å². The molecule has 0 aliphatic rings. The first-order valence-corrected chi connectivity index (χ1v) is 8.17. The molecule has 0 saturated heterocycles. The first-order valence-electron chi connectivity index (χ1n) is 5.89. The molecule has 0 heterocycles. The zero-order valence-electron chi connectivity index (χ0n) is 10.8. The number of sulfonamides is 1. The summed E-state index contributed by atoms with van der Waals surface area (Å²) in [5, 5.41) is 8.41. The summed E-state index contributed by atoms with van der Waals surface area (Å²) in [6, 6.07) is 14.5. The van der Waals surface area contributed by atoms with Crippen LogP contribution in [0.25, 0.3) is 0 Å². The van der Waals surface area contributed by atoms with Crippen LogP contribution in [0, 0.1) is 11.3 Å². The highest BCUT2D eigenvalue weighted by molar-refractivity contribution is 9.10. The van der Waals surface area contributed by atoms with Gasteiger partial charge in [-0.15, -0.1) is 0 Å². The van der Waals surface area contributed by atoms with E-state index >= 15 is 0 Å². The minimum atomic E-state index is -3.62. The topological polar surface area (TPSA) is 79.2 Å². The molecule has 0 bridgehead atoms. The molecule has 1 N–H and O–H groups in total. The lowest BCUT2D eigenvalue weighted by molar-refractivity contribution is 0.368. The lowest BCUT2D eigenvalue weighted by Crippen LogP contribution is -2.12. The lowest BCUT2D eigenvalue weighted by atomic mass is 10.3. The van der Waals surface area contributed by atoms with Gasteiger partial charge < -0.3 is 4.74 Å². The zero-order chi connectivity index (χ0) is 15.3. The van der Waals surface area contributed by atoms with Crippen molar-refractivity contribution >= 4 is 31.6 Å².